The van der Waals surface area contributed by atoms with Crippen molar-refractivity contribution in [2.24, 2.45) is 0 Å². The number of aliphatic hydroxyl groups excluding tert-OH is 1. The molecule has 0 aliphatic rings. The van der Waals surface area contributed by atoms with E-state index in [-0.39, 0.29) is 10.8 Å². The number of aliphatic hydroxyl groups is 1. The summed E-state index contributed by atoms with van der Waals surface area (Å²) >= 11 is 6.67. The van der Waals surface area contributed by atoms with Gasteiger partial charge in [0.15, 0.2) is 0 Å². The Bertz CT molecular complexity index is 430. The third-order valence-electron chi connectivity index (χ3n) is 1.99. The van der Waals surface area contributed by atoms with E-state index in [1.165, 1.54) is 12.1 Å². The van der Waals surface area contributed by atoms with E-state index in [9.17, 15) is 8.42 Å². The maximum absolute atomic E-state index is 11.8. The second-order valence-electron chi connectivity index (χ2n) is 3.35. The van der Waals surface area contributed by atoms with Crippen molar-refractivity contribution in [1.82, 2.24) is 4.72 Å². The second-order valence-corrected chi connectivity index (χ2v) is 7.00. The van der Waals surface area contributed by atoms with Gasteiger partial charge in [0, 0.05) is 6.04 Å². The summed E-state index contributed by atoms with van der Waals surface area (Å²) in [6.07, 6.45) is 1.41. The zero-order valence-electron chi connectivity index (χ0n) is 8.81. The first kappa shape index (κ1) is 13.9. The van der Waals surface area contributed by atoms with Gasteiger partial charge < -0.3 is 5.11 Å². The predicted octanol–water partition coefficient (Wildman–Crippen LogP) is 1.84. The van der Waals surface area contributed by atoms with Gasteiger partial charge in [-0.2, -0.15) is 0 Å². The molecule has 0 saturated heterocycles. The van der Waals surface area contributed by atoms with Crippen molar-refractivity contribution in [1.29, 1.82) is 0 Å². The SMILES string of the molecule is CCCC(CO)NS(=O)(=O)c1ccc(Cl)s1. The number of hydrogen-bond donors (Lipinski definition) is 2. The Morgan fingerprint density at radius 1 is 1.56 bits per heavy atom. The van der Waals surface area contributed by atoms with Gasteiger partial charge >= 0.3 is 0 Å². The lowest BCUT2D eigenvalue weighted by molar-refractivity contribution is 0.250. The van der Waals surface area contributed by atoms with Gasteiger partial charge in [0.05, 0.1) is 10.9 Å². The van der Waals surface area contributed by atoms with Crippen LogP contribution in [0.1, 0.15) is 19.8 Å². The van der Waals surface area contributed by atoms with Crippen LogP contribution >= 0.6 is 22.9 Å². The molecule has 2 N–H and O–H groups in total. The van der Waals surface area contributed by atoms with Gasteiger partial charge in [0.25, 0.3) is 0 Å². The molecule has 7 heteroatoms. The minimum Gasteiger partial charge on any atom is -0.395 e. The molecule has 0 fully saturated rings. The summed E-state index contributed by atoms with van der Waals surface area (Å²) in [5.74, 6) is 0. The first-order chi connectivity index (χ1) is 7.49. The van der Waals surface area contributed by atoms with Crippen LogP contribution < -0.4 is 4.72 Å². The van der Waals surface area contributed by atoms with E-state index in [1.807, 2.05) is 6.92 Å². The molecule has 0 radical (unpaired) electrons. The Kier molecular flexibility index (Phi) is 5.20. The summed E-state index contributed by atoms with van der Waals surface area (Å²) in [7, 11) is -3.55. The van der Waals surface area contributed by atoms with Gasteiger partial charge in [-0.15, -0.1) is 11.3 Å². The summed E-state index contributed by atoms with van der Waals surface area (Å²) < 4.78 is 26.7. The topological polar surface area (TPSA) is 66.4 Å². The zero-order chi connectivity index (χ0) is 12.2. The number of nitrogens with one attached hydrogen (secondary N) is 1. The molecule has 0 amide bonds. The fraction of sp³-hybridized carbons (Fsp3) is 0.556. The Labute approximate surface area is 104 Å². The minimum absolute atomic E-state index is 0.173. The lowest BCUT2D eigenvalue weighted by atomic mass is 10.2. The second kappa shape index (κ2) is 5.97. The summed E-state index contributed by atoms with van der Waals surface area (Å²) in [6.45, 7) is 1.73. The average Bonchev–Trinajstić information content (AvgIpc) is 2.64. The quantitative estimate of drug-likeness (QED) is 0.837. The van der Waals surface area contributed by atoms with E-state index in [2.05, 4.69) is 4.72 Å². The van der Waals surface area contributed by atoms with E-state index in [0.29, 0.717) is 10.8 Å². The van der Waals surface area contributed by atoms with Gasteiger partial charge in [-0.05, 0) is 18.6 Å². The first-order valence-electron chi connectivity index (χ1n) is 4.88. The van der Waals surface area contributed by atoms with Gasteiger partial charge in [0.2, 0.25) is 10.0 Å². The highest BCUT2D eigenvalue weighted by molar-refractivity contribution is 7.91. The summed E-state index contributed by atoms with van der Waals surface area (Å²) in [4.78, 5) is 0. The monoisotopic (exact) mass is 283 g/mol. The zero-order valence-corrected chi connectivity index (χ0v) is 11.2. The van der Waals surface area contributed by atoms with Gasteiger partial charge in [0.1, 0.15) is 4.21 Å². The Morgan fingerprint density at radius 2 is 2.25 bits per heavy atom. The van der Waals surface area contributed by atoms with Crippen LogP contribution in [0.3, 0.4) is 0 Å². The molecule has 92 valence electrons. The van der Waals surface area contributed by atoms with Crippen LogP contribution in [0.15, 0.2) is 16.3 Å². The van der Waals surface area contributed by atoms with Crippen LogP contribution in [0.5, 0.6) is 0 Å². The molecule has 16 heavy (non-hydrogen) atoms. The third-order valence-corrected chi connectivity index (χ3v) is 5.24. The van der Waals surface area contributed by atoms with E-state index in [1.54, 1.807) is 0 Å². The minimum atomic E-state index is -3.55. The molecule has 0 aliphatic heterocycles. The van der Waals surface area contributed by atoms with E-state index >= 15 is 0 Å². The fourth-order valence-electron chi connectivity index (χ4n) is 1.26. The molecule has 0 aromatic carbocycles. The summed E-state index contributed by atoms with van der Waals surface area (Å²) in [5.41, 5.74) is 0. The van der Waals surface area contributed by atoms with Gasteiger partial charge in [-0.3, -0.25) is 0 Å². The smallest absolute Gasteiger partial charge is 0.250 e. The van der Waals surface area contributed by atoms with Gasteiger partial charge in [-0.25, -0.2) is 13.1 Å². The van der Waals surface area contributed by atoms with Crippen LogP contribution in [-0.2, 0) is 10.0 Å². The van der Waals surface area contributed by atoms with Crippen molar-refractivity contribution in [2.45, 2.75) is 30.0 Å². The molecule has 0 spiro atoms. The lowest BCUT2D eigenvalue weighted by Crippen LogP contribution is -2.36. The Morgan fingerprint density at radius 3 is 2.69 bits per heavy atom. The molecule has 4 nitrogen and oxygen atoms in total. The van der Waals surface area contributed by atoms with Crippen LogP contribution in [0, 0.1) is 0 Å². The Hall–Kier alpha value is -0.140. The van der Waals surface area contributed by atoms with Crippen LogP contribution in [0.4, 0.5) is 0 Å². The number of thiophene rings is 1. The van der Waals surface area contributed by atoms with Crippen molar-refractivity contribution in [3.8, 4) is 0 Å². The Balaban J connectivity index is 2.78. The lowest BCUT2D eigenvalue weighted by Gasteiger charge is -2.14. The van der Waals surface area contributed by atoms with Crippen molar-refractivity contribution < 1.29 is 13.5 Å². The normalized spacial score (nSPS) is 13.9. The molecule has 1 atom stereocenters. The van der Waals surface area contributed by atoms with Gasteiger partial charge in [-0.1, -0.05) is 24.9 Å². The average molecular weight is 284 g/mol. The highest BCUT2D eigenvalue weighted by Gasteiger charge is 2.20. The largest absolute Gasteiger partial charge is 0.395 e. The number of rotatable bonds is 6. The molecule has 1 aromatic rings. The highest BCUT2D eigenvalue weighted by Crippen LogP contribution is 2.25. The molecule has 0 aliphatic carbocycles. The highest BCUT2D eigenvalue weighted by atomic mass is 35.5. The maximum Gasteiger partial charge on any atom is 0.250 e. The molecule has 0 saturated carbocycles. The molecule has 1 unspecified atom stereocenters. The summed E-state index contributed by atoms with van der Waals surface area (Å²) in [6, 6.07) is 2.56. The summed E-state index contributed by atoms with van der Waals surface area (Å²) in [5, 5.41) is 9.02. The van der Waals surface area contributed by atoms with Crippen LogP contribution in [0.2, 0.25) is 4.34 Å². The molecule has 0 bridgehead atoms. The third kappa shape index (κ3) is 3.71. The van der Waals surface area contributed by atoms with Crippen molar-refractivity contribution in [2.75, 3.05) is 6.61 Å². The van der Waals surface area contributed by atoms with E-state index < -0.39 is 16.1 Å². The predicted molar refractivity (Wildman–Crippen MR) is 65.4 cm³/mol. The standard InChI is InChI=1S/C9H14ClNO3S2/c1-2-3-7(6-12)11-16(13,14)9-5-4-8(10)15-9/h4-5,7,11-12H,2-3,6H2,1H3. The molecule has 1 heterocycles. The number of sulfonamides is 1. The number of halogens is 1. The molecule has 1 aromatic heterocycles. The fourth-order valence-corrected chi connectivity index (χ4v) is 4.02. The van der Waals surface area contributed by atoms with Crippen LogP contribution in [-0.4, -0.2) is 26.2 Å². The van der Waals surface area contributed by atoms with Crippen LogP contribution in [0.25, 0.3) is 0 Å². The molecular formula is C9H14ClNO3S2. The van der Waals surface area contributed by atoms with Crippen molar-refractivity contribution >= 4 is 33.0 Å². The van der Waals surface area contributed by atoms with Crippen molar-refractivity contribution in [3.05, 3.63) is 16.5 Å². The van der Waals surface area contributed by atoms with E-state index in [4.69, 9.17) is 16.7 Å². The first-order valence-corrected chi connectivity index (χ1v) is 7.56. The molecular weight excluding hydrogens is 270 g/mol. The molecule has 1 rings (SSSR count). The number of hydrogen-bond acceptors (Lipinski definition) is 4. The van der Waals surface area contributed by atoms with Crippen molar-refractivity contribution in [3.63, 3.8) is 0 Å². The maximum atomic E-state index is 11.8. The van der Waals surface area contributed by atoms with E-state index in [0.717, 1.165) is 17.8 Å².